The zero-order valence-electron chi connectivity index (χ0n) is 17.6. The van der Waals surface area contributed by atoms with Crippen molar-refractivity contribution in [2.24, 2.45) is 4.99 Å². The first kappa shape index (κ1) is 21.7. The van der Waals surface area contributed by atoms with Crippen LogP contribution in [-0.4, -0.2) is 53.0 Å². The van der Waals surface area contributed by atoms with Gasteiger partial charge in [-0.1, -0.05) is 18.2 Å². The molecular weight excluding hydrogens is 410 g/mol. The third kappa shape index (κ3) is 5.79. The molecule has 0 unspecified atom stereocenters. The van der Waals surface area contributed by atoms with E-state index >= 15 is 0 Å². The summed E-state index contributed by atoms with van der Waals surface area (Å²) in [6, 6.07) is 13.6. The van der Waals surface area contributed by atoms with Crippen molar-refractivity contribution in [3.05, 3.63) is 77.5 Å². The molecule has 2 heterocycles. The number of nitrogens with one attached hydrogen (secondary N) is 2. The third-order valence-electron chi connectivity index (χ3n) is 5.19. The molecule has 32 heavy (non-hydrogen) atoms. The number of rotatable bonds is 8. The van der Waals surface area contributed by atoms with E-state index in [-0.39, 0.29) is 0 Å². The second-order valence-corrected chi connectivity index (χ2v) is 7.65. The third-order valence-corrected chi connectivity index (χ3v) is 5.19. The van der Waals surface area contributed by atoms with Crippen LogP contribution in [0.1, 0.15) is 11.1 Å². The van der Waals surface area contributed by atoms with Gasteiger partial charge in [-0.2, -0.15) is 0 Å². The normalized spacial score (nSPS) is 14.1. The average molecular weight is 434 g/mol. The van der Waals surface area contributed by atoms with Crippen molar-refractivity contribution in [1.29, 1.82) is 5.41 Å². The Labute approximate surface area is 185 Å². The molecule has 2 N–H and O–H groups in total. The van der Waals surface area contributed by atoms with E-state index in [1.54, 1.807) is 6.20 Å². The van der Waals surface area contributed by atoms with Gasteiger partial charge in [-0.15, -0.1) is 0 Å². The van der Waals surface area contributed by atoms with Crippen molar-refractivity contribution in [1.82, 2.24) is 14.9 Å². The smallest absolute Gasteiger partial charge is 0.223 e. The fraction of sp³-hybridized carbons (Fsp3) is 0.250. The maximum absolute atomic E-state index is 13.3. The molecule has 0 fully saturated rings. The number of nitrogens with zero attached hydrogens (tertiary/aromatic N) is 4. The highest BCUT2D eigenvalue weighted by Crippen LogP contribution is 2.20. The van der Waals surface area contributed by atoms with Gasteiger partial charge in [-0.25, -0.2) is 18.7 Å². The monoisotopic (exact) mass is 434 g/mol. The van der Waals surface area contributed by atoms with Gasteiger partial charge >= 0.3 is 0 Å². The first-order chi connectivity index (χ1) is 15.6. The van der Waals surface area contributed by atoms with E-state index in [1.165, 1.54) is 18.3 Å². The number of aliphatic imine (C=N–C) groups is 1. The molecule has 0 spiro atoms. The highest BCUT2D eigenvalue weighted by molar-refractivity contribution is 6.30. The van der Waals surface area contributed by atoms with Crippen LogP contribution in [0.3, 0.4) is 0 Å². The van der Waals surface area contributed by atoms with Crippen LogP contribution in [0.5, 0.6) is 0 Å². The Morgan fingerprint density at radius 1 is 1.06 bits per heavy atom. The fourth-order valence-corrected chi connectivity index (χ4v) is 3.69. The average Bonchev–Trinajstić information content (AvgIpc) is 2.79. The van der Waals surface area contributed by atoms with Gasteiger partial charge in [-0.05, 0) is 41.8 Å². The highest BCUT2D eigenvalue weighted by Gasteiger charge is 2.13. The molecule has 8 heteroatoms. The fourth-order valence-electron chi connectivity index (χ4n) is 3.69. The molecule has 6 nitrogen and oxygen atoms in total. The second kappa shape index (κ2) is 10.2. The number of anilines is 1. The molecular formula is C24H24F2N6. The minimum absolute atomic E-state index is 0.453. The lowest BCUT2D eigenvalue weighted by Gasteiger charge is -2.25. The SMILES string of the molecule is N=CC1=NCCN(Cc2cccc(-c3ccnc(NCCc4cc(F)cc(F)c4)n3)c2)C1. The first-order valence-corrected chi connectivity index (χ1v) is 10.5. The summed E-state index contributed by atoms with van der Waals surface area (Å²) in [5.41, 5.74) is 4.32. The molecule has 164 valence electrons. The summed E-state index contributed by atoms with van der Waals surface area (Å²) < 4.78 is 26.7. The number of halogens is 2. The van der Waals surface area contributed by atoms with Crippen molar-refractivity contribution in [2.45, 2.75) is 13.0 Å². The van der Waals surface area contributed by atoms with Crippen LogP contribution in [0.15, 0.2) is 59.7 Å². The van der Waals surface area contributed by atoms with Gasteiger partial charge < -0.3 is 10.7 Å². The van der Waals surface area contributed by atoms with Crippen LogP contribution >= 0.6 is 0 Å². The van der Waals surface area contributed by atoms with Gasteiger partial charge in [-0.3, -0.25) is 9.89 Å². The zero-order chi connectivity index (χ0) is 22.3. The van der Waals surface area contributed by atoms with Gasteiger partial charge in [0.15, 0.2) is 0 Å². The van der Waals surface area contributed by atoms with Gasteiger partial charge in [0.2, 0.25) is 5.95 Å². The highest BCUT2D eigenvalue weighted by atomic mass is 19.1. The Bertz CT molecular complexity index is 1110. The lowest BCUT2D eigenvalue weighted by molar-refractivity contribution is 0.303. The van der Waals surface area contributed by atoms with Crippen LogP contribution in [0, 0.1) is 17.0 Å². The molecule has 0 radical (unpaired) electrons. The second-order valence-electron chi connectivity index (χ2n) is 7.65. The molecule has 0 bridgehead atoms. The molecule has 3 aromatic rings. The Morgan fingerprint density at radius 3 is 2.72 bits per heavy atom. The van der Waals surface area contributed by atoms with E-state index in [0.29, 0.717) is 37.6 Å². The van der Waals surface area contributed by atoms with Gasteiger partial charge in [0.1, 0.15) is 11.6 Å². The van der Waals surface area contributed by atoms with Crippen molar-refractivity contribution in [3.8, 4) is 11.3 Å². The summed E-state index contributed by atoms with van der Waals surface area (Å²) in [7, 11) is 0. The molecule has 2 aromatic carbocycles. The molecule has 0 aliphatic carbocycles. The van der Waals surface area contributed by atoms with E-state index < -0.39 is 11.6 Å². The Hall–Kier alpha value is -3.52. The predicted octanol–water partition coefficient (Wildman–Crippen LogP) is 3.98. The molecule has 1 aromatic heterocycles. The molecule has 0 atom stereocenters. The van der Waals surface area contributed by atoms with Crippen LogP contribution in [-0.2, 0) is 13.0 Å². The maximum atomic E-state index is 13.3. The summed E-state index contributed by atoms with van der Waals surface area (Å²) in [5, 5.41) is 10.5. The lowest BCUT2D eigenvalue weighted by Crippen LogP contribution is -2.36. The number of benzene rings is 2. The summed E-state index contributed by atoms with van der Waals surface area (Å²) in [4.78, 5) is 15.5. The Morgan fingerprint density at radius 2 is 1.91 bits per heavy atom. The van der Waals surface area contributed by atoms with Crippen LogP contribution < -0.4 is 5.32 Å². The summed E-state index contributed by atoms with van der Waals surface area (Å²) >= 11 is 0. The van der Waals surface area contributed by atoms with E-state index in [4.69, 9.17) is 5.41 Å². The quantitative estimate of drug-likeness (QED) is 0.526. The van der Waals surface area contributed by atoms with Crippen molar-refractivity contribution in [2.75, 3.05) is 31.5 Å². The predicted molar refractivity (Wildman–Crippen MR) is 122 cm³/mol. The number of aromatic nitrogens is 2. The van der Waals surface area contributed by atoms with E-state index in [9.17, 15) is 8.78 Å². The molecule has 1 aliphatic heterocycles. The maximum Gasteiger partial charge on any atom is 0.223 e. The zero-order valence-corrected chi connectivity index (χ0v) is 17.6. The van der Waals surface area contributed by atoms with Crippen molar-refractivity contribution < 1.29 is 8.78 Å². The first-order valence-electron chi connectivity index (χ1n) is 10.5. The van der Waals surface area contributed by atoms with Crippen molar-refractivity contribution in [3.63, 3.8) is 0 Å². The molecule has 0 amide bonds. The molecule has 4 rings (SSSR count). The molecule has 0 saturated heterocycles. The Balaban J connectivity index is 1.40. The Kier molecular flexibility index (Phi) is 6.91. The molecule has 0 saturated carbocycles. The minimum atomic E-state index is -0.580. The van der Waals surface area contributed by atoms with Gasteiger partial charge in [0, 0.05) is 50.2 Å². The standard InChI is InChI=1S/C24H24F2N6/c25-20-11-17(12-21(26)13-20)4-6-29-24-30-7-5-23(31-24)19-3-1-2-18(10-19)15-32-9-8-28-22(14-27)16-32/h1-3,5,7,10-14,27H,4,6,8-9,15-16H2,(H,29,30,31). The summed E-state index contributed by atoms with van der Waals surface area (Å²) in [5.74, 6) is -0.694. The lowest BCUT2D eigenvalue weighted by atomic mass is 10.1. The van der Waals surface area contributed by atoms with Crippen LogP contribution in [0.4, 0.5) is 14.7 Å². The summed E-state index contributed by atoms with van der Waals surface area (Å²) in [6.45, 7) is 3.51. The summed E-state index contributed by atoms with van der Waals surface area (Å²) in [6.07, 6.45) is 3.47. The van der Waals surface area contributed by atoms with E-state index in [0.717, 1.165) is 41.7 Å². The van der Waals surface area contributed by atoms with Crippen LogP contribution in [0.25, 0.3) is 11.3 Å². The van der Waals surface area contributed by atoms with Gasteiger partial charge in [0.05, 0.1) is 18.0 Å². The largest absolute Gasteiger partial charge is 0.354 e. The van der Waals surface area contributed by atoms with E-state index in [2.05, 4.69) is 37.3 Å². The van der Waals surface area contributed by atoms with Gasteiger partial charge in [0.25, 0.3) is 0 Å². The van der Waals surface area contributed by atoms with Crippen LogP contribution in [0.2, 0.25) is 0 Å². The molecule has 1 aliphatic rings. The number of hydrogen-bond donors (Lipinski definition) is 2. The number of hydrogen-bond acceptors (Lipinski definition) is 6. The minimum Gasteiger partial charge on any atom is -0.354 e. The van der Waals surface area contributed by atoms with Crippen molar-refractivity contribution >= 4 is 17.9 Å². The topological polar surface area (TPSA) is 77.3 Å². The van der Waals surface area contributed by atoms with E-state index in [1.807, 2.05) is 18.2 Å².